The van der Waals surface area contributed by atoms with Crippen molar-refractivity contribution in [1.82, 2.24) is 9.97 Å². The Morgan fingerprint density at radius 2 is 1.76 bits per heavy atom. The number of aryl methyl sites for hydroxylation is 2. The molecule has 0 bridgehead atoms. The lowest BCUT2D eigenvalue weighted by molar-refractivity contribution is 0.0985. The van der Waals surface area contributed by atoms with E-state index in [9.17, 15) is 9.59 Å². The van der Waals surface area contributed by atoms with E-state index < -0.39 is 0 Å². The van der Waals surface area contributed by atoms with Gasteiger partial charge in [-0.3, -0.25) is 14.6 Å². The molecule has 5 heteroatoms. The van der Waals surface area contributed by atoms with Gasteiger partial charge in [0.05, 0.1) is 6.54 Å². The molecule has 1 amide bonds. The van der Waals surface area contributed by atoms with Gasteiger partial charge in [-0.15, -0.1) is 0 Å². The molecule has 0 saturated carbocycles. The highest BCUT2D eigenvalue weighted by atomic mass is 16.2. The molecular formula is C24H21N3O2. The molecule has 0 radical (unpaired) electrons. The molecule has 2 aromatic carbocycles. The highest BCUT2D eigenvalue weighted by Gasteiger charge is 2.21. The van der Waals surface area contributed by atoms with Crippen LogP contribution in [0.5, 0.6) is 0 Å². The summed E-state index contributed by atoms with van der Waals surface area (Å²) in [5, 5.41) is 0.945. The number of carbonyl (C=O) groups excluding carboxylic acids is 1. The second-order valence-corrected chi connectivity index (χ2v) is 7.13. The number of aromatic amines is 1. The molecular weight excluding hydrogens is 362 g/mol. The van der Waals surface area contributed by atoms with Gasteiger partial charge < -0.3 is 9.88 Å². The summed E-state index contributed by atoms with van der Waals surface area (Å²) in [5.74, 6) is -0.176. The highest BCUT2D eigenvalue weighted by molar-refractivity contribution is 6.06. The molecule has 4 aromatic rings. The number of nitrogens with one attached hydrogen (secondary N) is 1. The van der Waals surface area contributed by atoms with Crippen LogP contribution in [-0.2, 0) is 6.54 Å². The largest absolute Gasteiger partial charge is 0.322 e. The number of anilines is 1. The van der Waals surface area contributed by atoms with E-state index in [1.165, 1.54) is 0 Å². The molecule has 144 valence electrons. The Hall–Kier alpha value is -3.73. The summed E-state index contributed by atoms with van der Waals surface area (Å²) in [6.45, 7) is 4.14. The minimum absolute atomic E-state index is 0.172. The number of hydrogen-bond donors (Lipinski definition) is 1. The molecule has 1 N–H and O–H groups in total. The fraction of sp³-hybridized carbons (Fsp3) is 0.125. The summed E-state index contributed by atoms with van der Waals surface area (Å²) < 4.78 is 0. The number of aromatic nitrogens is 2. The van der Waals surface area contributed by atoms with Crippen LogP contribution < -0.4 is 10.5 Å². The SMILES string of the molecule is Cc1ccc2[nH]c(=O)c(CN(C(=O)c3ccncc3)c3ccccc3C)cc2c1. The van der Waals surface area contributed by atoms with Gasteiger partial charge in [-0.2, -0.15) is 0 Å². The zero-order valence-electron chi connectivity index (χ0n) is 16.3. The summed E-state index contributed by atoms with van der Waals surface area (Å²) in [6.07, 6.45) is 3.18. The maximum atomic E-state index is 13.3. The molecule has 2 aromatic heterocycles. The zero-order chi connectivity index (χ0) is 20.4. The lowest BCUT2D eigenvalue weighted by Gasteiger charge is -2.24. The number of carbonyl (C=O) groups is 1. The predicted molar refractivity (Wildman–Crippen MR) is 115 cm³/mol. The van der Waals surface area contributed by atoms with Crippen LogP contribution in [0.4, 0.5) is 5.69 Å². The Bertz CT molecular complexity index is 1250. The van der Waals surface area contributed by atoms with Crippen LogP contribution in [-0.4, -0.2) is 15.9 Å². The average Bonchev–Trinajstić information content (AvgIpc) is 2.73. The van der Waals surface area contributed by atoms with Gasteiger partial charge in [0.15, 0.2) is 0 Å². The third-order valence-corrected chi connectivity index (χ3v) is 4.98. The number of pyridine rings is 2. The van der Waals surface area contributed by atoms with Gasteiger partial charge in [0, 0.05) is 34.7 Å². The first-order chi connectivity index (χ1) is 14.0. The van der Waals surface area contributed by atoms with Gasteiger partial charge >= 0.3 is 0 Å². The van der Waals surface area contributed by atoms with Crippen LogP contribution in [0.15, 0.2) is 77.9 Å². The number of rotatable bonds is 4. The zero-order valence-corrected chi connectivity index (χ0v) is 16.3. The number of amides is 1. The predicted octanol–water partition coefficient (Wildman–Crippen LogP) is 4.39. The second kappa shape index (κ2) is 7.72. The summed E-state index contributed by atoms with van der Waals surface area (Å²) in [7, 11) is 0. The second-order valence-electron chi connectivity index (χ2n) is 7.13. The molecule has 29 heavy (non-hydrogen) atoms. The Labute approximate surface area is 168 Å². The molecule has 0 unspecified atom stereocenters. The monoisotopic (exact) mass is 383 g/mol. The van der Waals surface area contributed by atoms with E-state index in [4.69, 9.17) is 0 Å². The van der Waals surface area contributed by atoms with Crippen molar-refractivity contribution >= 4 is 22.5 Å². The fourth-order valence-electron chi connectivity index (χ4n) is 3.44. The smallest absolute Gasteiger partial charge is 0.258 e. The molecule has 0 atom stereocenters. The summed E-state index contributed by atoms with van der Waals surface area (Å²) in [6, 6.07) is 18.8. The van der Waals surface area contributed by atoms with Crippen LogP contribution >= 0.6 is 0 Å². The van der Waals surface area contributed by atoms with Gasteiger partial charge in [-0.05, 0) is 61.2 Å². The summed E-state index contributed by atoms with van der Waals surface area (Å²) in [4.78, 5) is 34.6. The van der Waals surface area contributed by atoms with Crippen LogP contribution in [0.2, 0.25) is 0 Å². The van der Waals surface area contributed by atoms with Gasteiger partial charge in [0.2, 0.25) is 0 Å². The van der Waals surface area contributed by atoms with E-state index in [1.807, 2.05) is 62.4 Å². The maximum Gasteiger partial charge on any atom is 0.258 e. The van der Waals surface area contributed by atoms with E-state index in [2.05, 4.69) is 9.97 Å². The van der Waals surface area contributed by atoms with E-state index in [-0.39, 0.29) is 18.0 Å². The molecule has 2 heterocycles. The van der Waals surface area contributed by atoms with Crippen LogP contribution in [0, 0.1) is 13.8 Å². The molecule has 0 spiro atoms. The van der Waals surface area contributed by atoms with Crippen molar-refractivity contribution in [2.45, 2.75) is 20.4 Å². The first kappa shape index (κ1) is 18.6. The quantitative estimate of drug-likeness (QED) is 0.568. The van der Waals surface area contributed by atoms with E-state index >= 15 is 0 Å². The topological polar surface area (TPSA) is 66.1 Å². The van der Waals surface area contributed by atoms with Gasteiger partial charge in [0.1, 0.15) is 0 Å². The molecule has 0 aliphatic heterocycles. The Morgan fingerprint density at radius 3 is 2.52 bits per heavy atom. The standard InChI is InChI=1S/C24H21N3O2/c1-16-7-8-21-19(13-16)14-20(23(28)26-21)15-27(22-6-4-3-5-17(22)2)24(29)18-9-11-25-12-10-18/h3-14H,15H2,1-2H3,(H,26,28). The fourth-order valence-corrected chi connectivity index (χ4v) is 3.44. The summed E-state index contributed by atoms with van der Waals surface area (Å²) in [5.41, 5.74) is 4.50. The molecule has 0 fully saturated rings. The van der Waals surface area contributed by atoms with Crippen LogP contribution in [0.3, 0.4) is 0 Å². The third-order valence-electron chi connectivity index (χ3n) is 4.98. The van der Waals surface area contributed by atoms with E-state index in [0.29, 0.717) is 11.1 Å². The average molecular weight is 383 g/mol. The van der Waals surface area contributed by atoms with Crippen LogP contribution in [0.1, 0.15) is 27.0 Å². The van der Waals surface area contributed by atoms with Crippen molar-refractivity contribution in [3.63, 3.8) is 0 Å². The van der Waals surface area contributed by atoms with E-state index in [1.54, 1.807) is 29.4 Å². The van der Waals surface area contributed by atoms with Gasteiger partial charge in [-0.1, -0.05) is 29.8 Å². The summed E-state index contributed by atoms with van der Waals surface area (Å²) >= 11 is 0. The Morgan fingerprint density at radius 1 is 1.00 bits per heavy atom. The number of H-pyrrole nitrogens is 1. The van der Waals surface area contributed by atoms with Crippen molar-refractivity contribution in [2.24, 2.45) is 0 Å². The van der Waals surface area contributed by atoms with Crippen molar-refractivity contribution < 1.29 is 4.79 Å². The highest BCUT2D eigenvalue weighted by Crippen LogP contribution is 2.24. The number of fused-ring (bicyclic) bond motifs is 1. The Kier molecular flexibility index (Phi) is 4.96. The first-order valence-corrected chi connectivity index (χ1v) is 9.43. The number of para-hydroxylation sites is 1. The molecule has 0 aliphatic rings. The van der Waals surface area contributed by atoms with Crippen molar-refractivity contribution in [3.8, 4) is 0 Å². The van der Waals surface area contributed by atoms with Crippen LogP contribution in [0.25, 0.3) is 10.9 Å². The van der Waals surface area contributed by atoms with Gasteiger partial charge in [0.25, 0.3) is 11.5 Å². The minimum atomic E-state index is -0.192. The third kappa shape index (κ3) is 3.80. The van der Waals surface area contributed by atoms with Crippen molar-refractivity contribution in [3.05, 3.63) is 106 Å². The Balaban J connectivity index is 1.81. The lowest BCUT2D eigenvalue weighted by atomic mass is 10.1. The van der Waals surface area contributed by atoms with Crippen molar-refractivity contribution in [2.75, 3.05) is 4.90 Å². The maximum absolute atomic E-state index is 13.3. The lowest BCUT2D eigenvalue weighted by Crippen LogP contribution is -2.33. The molecule has 4 rings (SSSR count). The normalized spacial score (nSPS) is 10.8. The number of hydrogen-bond acceptors (Lipinski definition) is 3. The molecule has 0 saturated heterocycles. The van der Waals surface area contributed by atoms with Gasteiger partial charge in [-0.25, -0.2) is 0 Å². The molecule has 5 nitrogen and oxygen atoms in total. The number of benzene rings is 2. The molecule has 0 aliphatic carbocycles. The number of nitrogens with zero attached hydrogens (tertiary/aromatic N) is 2. The minimum Gasteiger partial charge on any atom is -0.322 e. The van der Waals surface area contributed by atoms with Crippen molar-refractivity contribution in [1.29, 1.82) is 0 Å². The van der Waals surface area contributed by atoms with E-state index in [0.717, 1.165) is 27.7 Å². The first-order valence-electron chi connectivity index (χ1n) is 9.43.